The summed E-state index contributed by atoms with van der Waals surface area (Å²) in [6, 6.07) is 3.97. The van der Waals surface area contributed by atoms with Gasteiger partial charge in [-0.25, -0.2) is 9.78 Å². The average molecular weight is 394 g/mol. The second kappa shape index (κ2) is 8.54. The Hall–Kier alpha value is -1.70. The van der Waals surface area contributed by atoms with Crippen LogP contribution in [0.15, 0.2) is 21.9 Å². The molecule has 27 heavy (non-hydrogen) atoms. The van der Waals surface area contributed by atoms with Crippen molar-refractivity contribution < 1.29 is 23.8 Å². The van der Waals surface area contributed by atoms with Gasteiger partial charge in [0.05, 0.1) is 24.2 Å². The molecule has 1 N–H and O–H groups in total. The zero-order chi connectivity index (χ0) is 19.4. The quantitative estimate of drug-likeness (QED) is 0.702. The molecule has 2 aromatic heterocycles. The molecule has 2 aromatic rings. The van der Waals surface area contributed by atoms with Crippen LogP contribution in [-0.4, -0.2) is 34.4 Å². The van der Waals surface area contributed by atoms with E-state index in [0.717, 1.165) is 42.0 Å². The van der Waals surface area contributed by atoms with Crippen molar-refractivity contribution in [2.75, 3.05) is 6.61 Å². The lowest BCUT2D eigenvalue weighted by molar-refractivity contribution is -0.163. The molecular weight excluding hydrogens is 366 g/mol. The highest BCUT2D eigenvalue weighted by Gasteiger charge is 2.31. The Balaban J connectivity index is 1.50. The van der Waals surface area contributed by atoms with Crippen LogP contribution in [0, 0.1) is 12.8 Å². The fourth-order valence-corrected chi connectivity index (χ4v) is 3.85. The number of thiophene rings is 1. The summed E-state index contributed by atoms with van der Waals surface area (Å²) in [5.41, 5.74) is -0.312. The largest absolute Gasteiger partial charge is 0.479 e. The molecule has 3 rings (SSSR count). The molecule has 2 heterocycles. The maximum atomic E-state index is 11.2. The second-order valence-electron chi connectivity index (χ2n) is 7.59. The van der Waals surface area contributed by atoms with E-state index >= 15 is 0 Å². The van der Waals surface area contributed by atoms with Crippen molar-refractivity contribution in [2.45, 2.75) is 64.8 Å². The highest BCUT2D eigenvalue weighted by Crippen LogP contribution is 2.30. The zero-order valence-corrected chi connectivity index (χ0v) is 16.9. The van der Waals surface area contributed by atoms with Crippen LogP contribution in [-0.2, 0) is 20.9 Å². The van der Waals surface area contributed by atoms with Crippen molar-refractivity contribution >= 4 is 17.3 Å². The summed E-state index contributed by atoms with van der Waals surface area (Å²) < 4.78 is 17.5. The summed E-state index contributed by atoms with van der Waals surface area (Å²) in [5.74, 6) is 0.820. The van der Waals surface area contributed by atoms with Gasteiger partial charge in [0.25, 0.3) is 0 Å². The molecule has 2 atom stereocenters. The smallest absolute Gasteiger partial charge is 0.335 e. The Kier molecular flexibility index (Phi) is 6.34. The van der Waals surface area contributed by atoms with Gasteiger partial charge in [-0.1, -0.05) is 12.5 Å². The molecule has 0 saturated heterocycles. The molecule has 1 saturated carbocycles. The molecule has 6 nitrogen and oxygen atoms in total. The minimum Gasteiger partial charge on any atom is -0.479 e. The zero-order valence-electron chi connectivity index (χ0n) is 16.1. The maximum absolute atomic E-state index is 11.2. The van der Waals surface area contributed by atoms with Gasteiger partial charge in [-0.2, -0.15) is 0 Å². The number of rotatable bonds is 8. The van der Waals surface area contributed by atoms with Gasteiger partial charge in [0, 0.05) is 0 Å². The molecule has 148 valence electrons. The van der Waals surface area contributed by atoms with E-state index in [4.69, 9.17) is 19.0 Å². The van der Waals surface area contributed by atoms with E-state index in [0.29, 0.717) is 25.0 Å². The van der Waals surface area contributed by atoms with E-state index < -0.39 is 11.6 Å². The summed E-state index contributed by atoms with van der Waals surface area (Å²) in [6.45, 7) is 5.97. The Morgan fingerprint density at radius 2 is 2.26 bits per heavy atom. The summed E-state index contributed by atoms with van der Waals surface area (Å²) in [7, 11) is 0. The van der Waals surface area contributed by atoms with E-state index in [9.17, 15) is 4.79 Å². The van der Waals surface area contributed by atoms with Crippen molar-refractivity contribution in [3.8, 4) is 10.8 Å². The number of carbonyl (C=O) groups is 1. The predicted octanol–water partition coefficient (Wildman–Crippen LogP) is 4.67. The molecule has 0 aliphatic heterocycles. The fraction of sp³-hybridized carbons (Fsp3) is 0.600. The van der Waals surface area contributed by atoms with Crippen LogP contribution in [0.4, 0.5) is 0 Å². The molecule has 0 aromatic carbocycles. The van der Waals surface area contributed by atoms with E-state index in [1.807, 2.05) is 24.4 Å². The highest BCUT2D eigenvalue weighted by molar-refractivity contribution is 7.13. The number of carboxylic acids is 1. The number of ether oxygens (including phenoxy) is 2. The number of nitrogens with zero attached hydrogens (tertiary/aromatic N) is 1. The van der Waals surface area contributed by atoms with Gasteiger partial charge in [-0.3, -0.25) is 0 Å². The first kappa shape index (κ1) is 20.0. The summed E-state index contributed by atoms with van der Waals surface area (Å²) in [6.07, 6.45) is 4.13. The molecule has 0 amide bonds. The van der Waals surface area contributed by atoms with E-state index in [-0.39, 0.29) is 6.10 Å². The van der Waals surface area contributed by atoms with Crippen LogP contribution in [0.5, 0.6) is 0 Å². The lowest BCUT2D eigenvalue weighted by Gasteiger charge is -2.31. The van der Waals surface area contributed by atoms with Crippen LogP contribution in [0.1, 0.15) is 51.0 Å². The van der Waals surface area contributed by atoms with Crippen molar-refractivity contribution in [3.05, 3.63) is 29.0 Å². The van der Waals surface area contributed by atoms with Gasteiger partial charge in [0.2, 0.25) is 5.89 Å². The van der Waals surface area contributed by atoms with E-state index in [2.05, 4.69) is 4.98 Å². The first-order valence-electron chi connectivity index (χ1n) is 9.34. The molecular formula is C20H27NO5S. The number of aliphatic carboxylic acids is 1. The highest BCUT2D eigenvalue weighted by atomic mass is 32.1. The van der Waals surface area contributed by atoms with Gasteiger partial charge >= 0.3 is 5.97 Å². The third-order valence-corrected chi connectivity index (χ3v) is 5.87. The van der Waals surface area contributed by atoms with E-state index in [1.165, 1.54) is 0 Å². The Bertz CT molecular complexity index is 753. The maximum Gasteiger partial charge on any atom is 0.335 e. The molecule has 1 aliphatic rings. The predicted molar refractivity (Wildman–Crippen MR) is 103 cm³/mol. The van der Waals surface area contributed by atoms with Gasteiger partial charge in [-0.15, -0.1) is 11.3 Å². The lowest BCUT2D eigenvalue weighted by Crippen LogP contribution is -2.37. The lowest BCUT2D eigenvalue weighted by atomic mass is 9.87. The van der Waals surface area contributed by atoms with Crippen molar-refractivity contribution in [1.82, 2.24) is 4.98 Å². The SMILES string of the molecule is Cc1oc(-c2cccs2)nc1CO[C@H]1CCCC(COC(C)(C)C(=O)O)C1. The normalized spacial score (nSPS) is 20.7. The van der Waals surface area contributed by atoms with Crippen LogP contribution in [0.25, 0.3) is 10.8 Å². The monoisotopic (exact) mass is 393 g/mol. The van der Waals surface area contributed by atoms with Gasteiger partial charge in [-0.05, 0) is 57.4 Å². The molecule has 0 bridgehead atoms. The first-order valence-corrected chi connectivity index (χ1v) is 10.2. The minimum atomic E-state index is -1.15. The number of hydrogen-bond acceptors (Lipinski definition) is 6. The average Bonchev–Trinajstić information content (AvgIpc) is 3.28. The Morgan fingerprint density at radius 1 is 1.44 bits per heavy atom. The first-order chi connectivity index (χ1) is 12.8. The molecule has 1 fully saturated rings. The minimum absolute atomic E-state index is 0.140. The summed E-state index contributed by atoms with van der Waals surface area (Å²) in [4.78, 5) is 16.8. The molecule has 7 heteroatoms. The fourth-order valence-electron chi connectivity index (χ4n) is 3.20. The third-order valence-electron chi connectivity index (χ3n) is 5.01. The van der Waals surface area contributed by atoms with Crippen LogP contribution in [0.3, 0.4) is 0 Å². The number of aromatic nitrogens is 1. The van der Waals surface area contributed by atoms with Gasteiger partial charge in [0.15, 0.2) is 5.60 Å². The van der Waals surface area contributed by atoms with Gasteiger partial charge in [0.1, 0.15) is 11.5 Å². The van der Waals surface area contributed by atoms with Gasteiger partial charge < -0.3 is 19.0 Å². The number of hydrogen-bond donors (Lipinski definition) is 1. The van der Waals surface area contributed by atoms with Crippen LogP contribution >= 0.6 is 11.3 Å². The van der Waals surface area contributed by atoms with Crippen molar-refractivity contribution in [2.24, 2.45) is 5.92 Å². The third kappa shape index (κ3) is 5.18. The number of carboxylic acid groups (broad SMARTS) is 1. The van der Waals surface area contributed by atoms with Crippen molar-refractivity contribution in [3.63, 3.8) is 0 Å². The number of oxazole rings is 1. The molecule has 0 radical (unpaired) electrons. The standard InChI is InChI=1S/C20H27NO5S/c1-13-16(21-18(26-13)17-8-5-9-27-17)12-24-15-7-4-6-14(10-15)11-25-20(2,3)19(22)23/h5,8-9,14-15H,4,6-7,10-12H2,1-3H3,(H,22,23)/t14?,15-/m0/s1. The summed E-state index contributed by atoms with van der Waals surface area (Å²) in [5, 5.41) is 11.2. The molecule has 0 spiro atoms. The van der Waals surface area contributed by atoms with Crippen LogP contribution in [0.2, 0.25) is 0 Å². The van der Waals surface area contributed by atoms with Crippen molar-refractivity contribution in [1.29, 1.82) is 0 Å². The molecule has 1 unspecified atom stereocenters. The van der Waals surface area contributed by atoms with E-state index in [1.54, 1.807) is 25.2 Å². The van der Waals surface area contributed by atoms with Crippen LogP contribution < -0.4 is 0 Å². The topological polar surface area (TPSA) is 81.8 Å². The summed E-state index contributed by atoms with van der Waals surface area (Å²) >= 11 is 1.60. The Morgan fingerprint density at radius 3 is 2.96 bits per heavy atom. The number of aryl methyl sites for hydroxylation is 1. The second-order valence-corrected chi connectivity index (χ2v) is 8.54. The molecule has 1 aliphatic carbocycles. The Labute approximate surface area is 163 Å².